The second-order valence-electron chi connectivity index (χ2n) is 3.40. The molecule has 72 valence electrons. The Morgan fingerprint density at radius 3 is 2.85 bits per heavy atom. The molecule has 4 heteroatoms. The minimum atomic E-state index is 0.871. The molecule has 0 atom stereocenters. The SMILES string of the molecule is BrCC1CCN(c2nccs2)CC1. The lowest BCUT2D eigenvalue weighted by Gasteiger charge is -2.30. The Hall–Kier alpha value is -0.0900. The average Bonchev–Trinajstić information content (AvgIpc) is 2.71. The van der Waals surface area contributed by atoms with Crippen LogP contribution in [0.3, 0.4) is 0 Å². The number of alkyl halides is 1. The highest BCUT2D eigenvalue weighted by Crippen LogP contribution is 2.25. The molecule has 0 saturated carbocycles. The molecule has 0 amide bonds. The quantitative estimate of drug-likeness (QED) is 0.761. The van der Waals surface area contributed by atoms with Crippen molar-refractivity contribution >= 4 is 32.4 Å². The topological polar surface area (TPSA) is 16.1 Å². The molecule has 0 spiro atoms. The summed E-state index contributed by atoms with van der Waals surface area (Å²) in [6, 6.07) is 0. The predicted octanol–water partition coefficient (Wildman–Crippen LogP) is 2.75. The molecule has 1 aliphatic heterocycles. The third-order valence-electron chi connectivity index (χ3n) is 2.52. The van der Waals surface area contributed by atoms with Gasteiger partial charge in [0.15, 0.2) is 5.13 Å². The van der Waals surface area contributed by atoms with E-state index in [9.17, 15) is 0 Å². The fourth-order valence-corrected chi connectivity index (χ4v) is 2.99. The van der Waals surface area contributed by atoms with E-state index in [1.807, 2.05) is 11.6 Å². The number of thiazole rings is 1. The van der Waals surface area contributed by atoms with E-state index in [1.54, 1.807) is 11.3 Å². The van der Waals surface area contributed by atoms with Gasteiger partial charge >= 0.3 is 0 Å². The number of hydrogen-bond donors (Lipinski definition) is 0. The first-order chi connectivity index (χ1) is 6.40. The second kappa shape index (κ2) is 4.42. The van der Waals surface area contributed by atoms with E-state index in [0.29, 0.717) is 0 Å². The maximum Gasteiger partial charge on any atom is 0.185 e. The Balaban J connectivity index is 1.92. The highest BCUT2D eigenvalue weighted by Gasteiger charge is 2.19. The first kappa shape index (κ1) is 9.46. The molecule has 0 bridgehead atoms. The number of aromatic nitrogens is 1. The van der Waals surface area contributed by atoms with Crippen LogP contribution in [0.2, 0.25) is 0 Å². The minimum Gasteiger partial charge on any atom is -0.348 e. The summed E-state index contributed by atoms with van der Waals surface area (Å²) in [7, 11) is 0. The van der Waals surface area contributed by atoms with Crippen LogP contribution in [-0.2, 0) is 0 Å². The first-order valence-corrected chi connectivity index (χ1v) is 6.60. The van der Waals surface area contributed by atoms with Gasteiger partial charge in [-0.2, -0.15) is 0 Å². The van der Waals surface area contributed by atoms with Gasteiger partial charge in [0.05, 0.1) is 0 Å². The summed E-state index contributed by atoms with van der Waals surface area (Å²) < 4.78 is 0. The Bertz CT molecular complexity index is 242. The molecule has 0 radical (unpaired) electrons. The largest absolute Gasteiger partial charge is 0.348 e. The molecule has 2 nitrogen and oxygen atoms in total. The predicted molar refractivity (Wildman–Crippen MR) is 60.8 cm³/mol. The fraction of sp³-hybridized carbons (Fsp3) is 0.667. The Kier molecular flexibility index (Phi) is 3.22. The van der Waals surface area contributed by atoms with Crippen molar-refractivity contribution in [1.82, 2.24) is 4.98 Å². The van der Waals surface area contributed by atoms with E-state index < -0.39 is 0 Å². The van der Waals surface area contributed by atoms with Gasteiger partial charge in [0, 0.05) is 30.0 Å². The van der Waals surface area contributed by atoms with Gasteiger partial charge in [-0.3, -0.25) is 0 Å². The Labute approximate surface area is 91.1 Å². The van der Waals surface area contributed by atoms with Gasteiger partial charge in [-0.1, -0.05) is 15.9 Å². The van der Waals surface area contributed by atoms with E-state index >= 15 is 0 Å². The van der Waals surface area contributed by atoms with Gasteiger partial charge in [-0.05, 0) is 18.8 Å². The van der Waals surface area contributed by atoms with E-state index in [-0.39, 0.29) is 0 Å². The van der Waals surface area contributed by atoms with Crippen molar-refractivity contribution in [1.29, 1.82) is 0 Å². The number of hydrogen-bond acceptors (Lipinski definition) is 3. The van der Waals surface area contributed by atoms with E-state index in [2.05, 4.69) is 25.8 Å². The summed E-state index contributed by atoms with van der Waals surface area (Å²) in [6.45, 7) is 2.34. The van der Waals surface area contributed by atoms with Crippen LogP contribution in [0.15, 0.2) is 11.6 Å². The zero-order valence-electron chi connectivity index (χ0n) is 7.45. The maximum atomic E-state index is 4.32. The fourth-order valence-electron chi connectivity index (χ4n) is 1.65. The lowest BCUT2D eigenvalue weighted by atomic mass is 10.00. The van der Waals surface area contributed by atoms with Gasteiger partial charge < -0.3 is 4.90 Å². The number of rotatable bonds is 2. The molecule has 1 fully saturated rings. The summed E-state index contributed by atoms with van der Waals surface area (Å²) >= 11 is 5.29. The average molecular weight is 261 g/mol. The monoisotopic (exact) mass is 260 g/mol. The summed E-state index contributed by atoms with van der Waals surface area (Å²) in [5.41, 5.74) is 0. The van der Waals surface area contributed by atoms with Crippen molar-refractivity contribution in [2.75, 3.05) is 23.3 Å². The van der Waals surface area contributed by atoms with Crippen molar-refractivity contribution in [3.8, 4) is 0 Å². The zero-order valence-corrected chi connectivity index (χ0v) is 9.85. The van der Waals surface area contributed by atoms with Crippen LogP contribution < -0.4 is 4.90 Å². The summed E-state index contributed by atoms with van der Waals surface area (Å²) in [4.78, 5) is 6.72. The van der Waals surface area contributed by atoms with Crippen molar-refractivity contribution in [2.24, 2.45) is 5.92 Å². The molecular formula is C9H13BrN2S. The molecule has 1 aromatic rings. The number of nitrogens with zero attached hydrogens (tertiary/aromatic N) is 2. The third-order valence-corrected chi connectivity index (χ3v) is 4.27. The molecule has 2 heterocycles. The van der Waals surface area contributed by atoms with Crippen LogP contribution in [0.4, 0.5) is 5.13 Å². The van der Waals surface area contributed by atoms with Gasteiger partial charge in [-0.15, -0.1) is 11.3 Å². The van der Waals surface area contributed by atoms with Gasteiger partial charge in [0.25, 0.3) is 0 Å². The molecule has 1 aromatic heterocycles. The molecule has 1 saturated heterocycles. The van der Waals surface area contributed by atoms with E-state index in [1.165, 1.54) is 31.1 Å². The van der Waals surface area contributed by atoms with Crippen LogP contribution in [0.1, 0.15) is 12.8 Å². The molecule has 0 N–H and O–H groups in total. The minimum absolute atomic E-state index is 0.871. The van der Waals surface area contributed by atoms with Crippen LogP contribution in [0, 0.1) is 5.92 Å². The van der Waals surface area contributed by atoms with Crippen LogP contribution >= 0.6 is 27.3 Å². The summed E-state index contributed by atoms with van der Waals surface area (Å²) in [5.74, 6) is 0.871. The van der Waals surface area contributed by atoms with Crippen LogP contribution in [0.5, 0.6) is 0 Å². The molecule has 2 rings (SSSR count). The molecule has 0 aliphatic carbocycles. The lowest BCUT2D eigenvalue weighted by molar-refractivity contribution is 0.447. The van der Waals surface area contributed by atoms with Crippen molar-refractivity contribution < 1.29 is 0 Å². The summed E-state index contributed by atoms with van der Waals surface area (Å²) in [6.07, 6.45) is 4.48. The lowest BCUT2D eigenvalue weighted by Crippen LogP contribution is -2.33. The normalized spacial score (nSPS) is 19.3. The maximum absolute atomic E-state index is 4.32. The Morgan fingerprint density at radius 1 is 1.54 bits per heavy atom. The van der Waals surface area contributed by atoms with E-state index in [0.717, 1.165) is 11.2 Å². The Morgan fingerprint density at radius 2 is 2.31 bits per heavy atom. The van der Waals surface area contributed by atoms with Crippen LogP contribution in [-0.4, -0.2) is 23.4 Å². The van der Waals surface area contributed by atoms with Crippen molar-refractivity contribution in [3.63, 3.8) is 0 Å². The smallest absolute Gasteiger partial charge is 0.185 e. The van der Waals surface area contributed by atoms with Gasteiger partial charge in [-0.25, -0.2) is 4.98 Å². The van der Waals surface area contributed by atoms with Gasteiger partial charge in [0.2, 0.25) is 0 Å². The third kappa shape index (κ3) is 2.23. The zero-order chi connectivity index (χ0) is 9.10. The second-order valence-corrected chi connectivity index (χ2v) is 4.92. The first-order valence-electron chi connectivity index (χ1n) is 4.60. The van der Waals surface area contributed by atoms with Crippen molar-refractivity contribution in [3.05, 3.63) is 11.6 Å². The van der Waals surface area contributed by atoms with Crippen molar-refractivity contribution in [2.45, 2.75) is 12.8 Å². The van der Waals surface area contributed by atoms with Gasteiger partial charge in [0.1, 0.15) is 0 Å². The highest BCUT2D eigenvalue weighted by atomic mass is 79.9. The highest BCUT2D eigenvalue weighted by molar-refractivity contribution is 9.09. The summed E-state index contributed by atoms with van der Waals surface area (Å²) in [5, 5.41) is 4.39. The number of halogens is 1. The molecule has 13 heavy (non-hydrogen) atoms. The molecule has 1 aliphatic rings. The molecule has 0 unspecified atom stereocenters. The molecule has 0 aromatic carbocycles. The number of piperidine rings is 1. The molecular weight excluding hydrogens is 248 g/mol. The standard InChI is InChI=1S/C9H13BrN2S/c10-7-8-1-4-12(5-2-8)9-11-3-6-13-9/h3,6,8H,1-2,4-5,7H2. The van der Waals surface area contributed by atoms with Crippen LogP contribution in [0.25, 0.3) is 0 Å². The number of anilines is 1. The van der Waals surface area contributed by atoms with E-state index in [4.69, 9.17) is 0 Å².